The maximum absolute atomic E-state index is 11.3. The average molecular weight is 291 g/mol. The van der Waals surface area contributed by atoms with Gasteiger partial charge in [0, 0.05) is 23.9 Å². The van der Waals surface area contributed by atoms with E-state index in [0.717, 1.165) is 70.7 Å². The summed E-state index contributed by atoms with van der Waals surface area (Å²) in [6, 6.07) is 0. The Morgan fingerprint density at radius 3 is 2.33 bits per heavy atom. The summed E-state index contributed by atoms with van der Waals surface area (Å²) in [6.07, 6.45) is 7.07. The van der Waals surface area contributed by atoms with Gasteiger partial charge in [-0.25, -0.2) is 0 Å². The maximum Gasteiger partial charge on any atom is 0.266 e. The van der Waals surface area contributed by atoms with Gasteiger partial charge in [0.2, 0.25) is 5.89 Å². The van der Waals surface area contributed by atoms with E-state index in [0.29, 0.717) is 5.95 Å². The highest BCUT2D eigenvalue weighted by Crippen LogP contribution is 2.56. The van der Waals surface area contributed by atoms with Gasteiger partial charge in [0.05, 0.1) is 13.2 Å². The van der Waals surface area contributed by atoms with Crippen LogP contribution in [-0.4, -0.2) is 42.7 Å². The molecular weight excluding hydrogens is 270 g/mol. The molecule has 0 radical (unpaired) electrons. The van der Waals surface area contributed by atoms with Gasteiger partial charge in [-0.1, -0.05) is 0 Å². The molecule has 1 aromatic rings. The van der Waals surface area contributed by atoms with E-state index in [1.54, 1.807) is 0 Å². The number of nitrogens with zero attached hydrogens (tertiary/aromatic N) is 3. The van der Waals surface area contributed by atoms with Crippen LogP contribution in [0.15, 0.2) is 4.52 Å². The van der Waals surface area contributed by atoms with E-state index in [9.17, 15) is 4.79 Å². The first-order valence-electron chi connectivity index (χ1n) is 7.89. The van der Waals surface area contributed by atoms with Crippen LogP contribution in [-0.2, 0) is 14.9 Å². The Kier molecular flexibility index (Phi) is 3.03. The van der Waals surface area contributed by atoms with Crippen molar-refractivity contribution in [3.63, 3.8) is 0 Å². The molecule has 2 bridgehead atoms. The fourth-order valence-electron chi connectivity index (χ4n) is 4.04. The van der Waals surface area contributed by atoms with Gasteiger partial charge < -0.3 is 19.0 Å². The fourth-order valence-corrected chi connectivity index (χ4v) is 4.04. The quantitative estimate of drug-likeness (QED) is 0.790. The molecule has 6 nitrogen and oxygen atoms in total. The van der Waals surface area contributed by atoms with Crippen LogP contribution in [0.5, 0.6) is 0 Å². The van der Waals surface area contributed by atoms with E-state index in [4.69, 9.17) is 9.26 Å². The largest absolute Gasteiger partial charge is 0.378 e. The zero-order chi connectivity index (χ0) is 14.3. The van der Waals surface area contributed by atoms with Crippen LogP contribution >= 0.6 is 0 Å². The Morgan fingerprint density at radius 1 is 1.05 bits per heavy atom. The number of ether oxygens (including phenoxy) is 1. The van der Waals surface area contributed by atoms with Crippen molar-refractivity contribution in [2.24, 2.45) is 5.41 Å². The van der Waals surface area contributed by atoms with Crippen molar-refractivity contribution >= 4 is 12.2 Å². The molecule has 1 saturated heterocycles. The number of carbonyl (C=O) groups excluding carboxylic acids is 1. The second-order valence-corrected chi connectivity index (χ2v) is 6.76. The van der Waals surface area contributed by atoms with E-state index in [2.05, 4.69) is 15.0 Å². The normalized spacial score (nSPS) is 35.9. The van der Waals surface area contributed by atoms with Crippen LogP contribution in [0.3, 0.4) is 0 Å². The smallest absolute Gasteiger partial charge is 0.266 e. The van der Waals surface area contributed by atoms with Crippen LogP contribution < -0.4 is 4.90 Å². The van der Waals surface area contributed by atoms with Crippen molar-refractivity contribution < 1.29 is 14.1 Å². The highest BCUT2D eigenvalue weighted by molar-refractivity contribution is 5.60. The number of aromatic nitrogens is 2. The molecule has 0 aromatic carbocycles. The lowest BCUT2D eigenvalue weighted by Gasteiger charge is -2.49. The third-order valence-corrected chi connectivity index (χ3v) is 5.72. The predicted octanol–water partition coefficient (Wildman–Crippen LogP) is 1.70. The SMILES string of the molecule is O=CC12CCC(c3nc(N4CCOCC4)no3)(CC1)CC2. The summed E-state index contributed by atoms with van der Waals surface area (Å²) in [7, 11) is 0. The lowest BCUT2D eigenvalue weighted by molar-refractivity contribution is -0.122. The highest BCUT2D eigenvalue weighted by Gasteiger charge is 2.52. The van der Waals surface area contributed by atoms with Gasteiger partial charge in [-0.2, -0.15) is 4.98 Å². The first kappa shape index (κ1) is 13.2. The molecule has 5 rings (SSSR count). The molecule has 1 aliphatic heterocycles. The Balaban J connectivity index is 1.54. The Labute approximate surface area is 123 Å². The van der Waals surface area contributed by atoms with E-state index in [1.165, 1.54) is 6.29 Å². The van der Waals surface area contributed by atoms with E-state index in [1.807, 2.05) is 0 Å². The van der Waals surface area contributed by atoms with Crippen LogP contribution in [0.4, 0.5) is 5.95 Å². The molecule has 21 heavy (non-hydrogen) atoms. The zero-order valence-corrected chi connectivity index (χ0v) is 12.2. The van der Waals surface area contributed by atoms with Gasteiger partial charge in [-0.3, -0.25) is 0 Å². The average Bonchev–Trinajstić information content (AvgIpc) is 3.08. The number of morpholine rings is 1. The van der Waals surface area contributed by atoms with Crippen molar-refractivity contribution in [1.82, 2.24) is 10.1 Å². The van der Waals surface area contributed by atoms with Crippen LogP contribution in [0, 0.1) is 5.41 Å². The number of hydrogen-bond donors (Lipinski definition) is 0. The Bertz CT molecular complexity index is 511. The molecule has 0 unspecified atom stereocenters. The van der Waals surface area contributed by atoms with Crippen molar-refractivity contribution in [3.8, 4) is 0 Å². The molecule has 0 spiro atoms. The molecule has 4 fully saturated rings. The summed E-state index contributed by atoms with van der Waals surface area (Å²) in [4.78, 5) is 18.1. The predicted molar refractivity (Wildman–Crippen MR) is 75.2 cm³/mol. The second-order valence-electron chi connectivity index (χ2n) is 6.76. The molecule has 0 N–H and O–H groups in total. The number of hydrogen-bond acceptors (Lipinski definition) is 6. The van der Waals surface area contributed by atoms with E-state index in [-0.39, 0.29) is 10.8 Å². The molecule has 2 heterocycles. The first-order valence-corrected chi connectivity index (χ1v) is 7.89. The minimum atomic E-state index is -0.0607. The second kappa shape index (κ2) is 4.80. The van der Waals surface area contributed by atoms with Gasteiger partial charge in [0.25, 0.3) is 5.95 Å². The standard InChI is InChI=1S/C15H21N3O3/c19-11-14-1-4-15(5-2-14,6-3-14)12-16-13(17-21-12)18-7-9-20-10-8-18/h11H,1-10H2. The number of carbonyl (C=O) groups is 1. The van der Waals surface area contributed by atoms with Crippen molar-refractivity contribution in [3.05, 3.63) is 5.89 Å². The summed E-state index contributed by atoms with van der Waals surface area (Å²) in [5.41, 5.74) is -0.0445. The third-order valence-electron chi connectivity index (χ3n) is 5.72. The molecule has 6 heteroatoms. The third kappa shape index (κ3) is 2.08. The van der Waals surface area contributed by atoms with Crippen LogP contribution in [0.2, 0.25) is 0 Å². The maximum atomic E-state index is 11.3. The summed E-state index contributed by atoms with van der Waals surface area (Å²) in [6.45, 7) is 3.08. The number of fused-ring (bicyclic) bond motifs is 3. The first-order chi connectivity index (χ1) is 10.3. The molecule has 1 aromatic heterocycles. The number of aldehydes is 1. The van der Waals surface area contributed by atoms with Crippen molar-refractivity contribution in [1.29, 1.82) is 0 Å². The Morgan fingerprint density at radius 2 is 1.71 bits per heavy atom. The summed E-state index contributed by atoms with van der Waals surface area (Å²) in [5.74, 6) is 1.48. The lowest BCUT2D eigenvalue weighted by atomic mass is 9.54. The topological polar surface area (TPSA) is 68.5 Å². The van der Waals surface area contributed by atoms with Crippen molar-refractivity contribution in [2.45, 2.75) is 43.9 Å². The van der Waals surface area contributed by atoms with Gasteiger partial charge in [0.1, 0.15) is 6.29 Å². The molecule has 0 atom stereocenters. The minimum absolute atomic E-state index is 0.0162. The van der Waals surface area contributed by atoms with Gasteiger partial charge in [-0.15, -0.1) is 0 Å². The zero-order valence-electron chi connectivity index (χ0n) is 12.2. The van der Waals surface area contributed by atoms with E-state index >= 15 is 0 Å². The monoisotopic (exact) mass is 291 g/mol. The summed E-state index contributed by atoms with van der Waals surface area (Å²) in [5, 5.41) is 4.18. The van der Waals surface area contributed by atoms with Gasteiger partial charge in [0.15, 0.2) is 0 Å². The highest BCUT2D eigenvalue weighted by atomic mass is 16.5. The molecule has 3 saturated carbocycles. The number of rotatable bonds is 3. The Hall–Kier alpha value is -1.43. The van der Waals surface area contributed by atoms with Gasteiger partial charge >= 0.3 is 0 Å². The summed E-state index contributed by atoms with van der Waals surface area (Å²) >= 11 is 0. The molecule has 3 aliphatic carbocycles. The molecule has 4 aliphatic rings. The molecular formula is C15H21N3O3. The lowest BCUT2D eigenvalue weighted by Crippen LogP contribution is -2.45. The van der Waals surface area contributed by atoms with E-state index < -0.39 is 0 Å². The van der Waals surface area contributed by atoms with Crippen LogP contribution in [0.25, 0.3) is 0 Å². The summed E-state index contributed by atoms with van der Waals surface area (Å²) < 4.78 is 11.0. The van der Waals surface area contributed by atoms with Crippen LogP contribution in [0.1, 0.15) is 44.4 Å². The molecule has 0 amide bonds. The van der Waals surface area contributed by atoms with Crippen molar-refractivity contribution in [2.75, 3.05) is 31.2 Å². The van der Waals surface area contributed by atoms with Gasteiger partial charge in [-0.05, 0) is 43.7 Å². The fraction of sp³-hybridized carbons (Fsp3) is 0.800. The molecule has 114 valence electrons. The minimum Gasteiger partial charge on any atom is -0.378 e. The number of anilines is 1.